The number of hydrogen-bond acceptors (Lipinski definition) is 6. The molecule has 0 aromatic heterocycles. The Morgan fingerprint density at radius 2 is 1.85 bits per heavy atom. The second kappa shape index (κ2) is 12.2. The zero-order chi connectivity index (χ0) is 24.4. The van der Waals surface area contributed by atoms with Gasteiger partial charge in [-0.1, -0.05) is 20.8 Å². The van der Waals surface area contributed by atoms with Gasteiger partial charge in [0.1, 0.15) is 6.17 Å². The van der Waals surface area contributed by atoms with Crippen LogP contribution in [0.2, 0.25) is 0 Å². The Morgan fingerprint density at radius 3 is 2.36 bits per heavy atom. The molecule has 0 radical (unpaired) electrons. The molecule has 2 rings (SSSR count). The smallest absolute Gasteiger partial charge is 0.245 e. The van der Waals surface area contributed by atoms with E-state index in [1.807, 2.05) is 12.2 Å². The summed E-state index contributed by atoms with van der Waals surface area (Å²) in [6.07, 6.45) is 8.78. The first-order chi connectivity index (χ1) is 15.6. The quantitative estimate of drug-likeness (QED) is 0.341. The van der Waals surface area contributed by atoms with Crippen LogP contribution in [0, 0.1) is 5.41 Å². The molecule has 1 aliphatic heterocycles. The van der Waals surface area contributed by atoms with E-state index >= 15 is 0 Å². The molecule has 1 unspecified atom stereocenters. The van der Waals surface area contributed by atoms with Crippen molar-refractivity contribution in [3.8, 4) is 17.2 Å². The van der Waals surface area contributed by atoms with E-state index in [1.165, 1.54) is 6.08 Å². The second-order valence-electron chi connectivity index (χ2n) is 8.52. The average Bonchev–Trinajstić information content (AvgIpc) is 2.76. The molecule has 0 aliphatic carbocycles. The molecule has 1 aromatic rings. The maximum absolute atomic E-state index is 12.7. The highest BCUT2D eigenvalue weighted by molar-refractivity contribution is 7.80. The van der Waals surface area contributed by atoms with E-state index in [0.717, 1.165) is 11.3 Å². The molecule has 1 heterocycles. The van der Waals surface area contributed by atoms with Crippen LogP contribution in [0.3, 0.4) is 0 Å². The third-order valence-corrected chi connectivity index (χ3v) is 4.73. The summed E-state index contributed by atoms with van der Waals surface area (Å²) in [5, 5.41) is 6.40. The highest BCUT2D eigenvalue weighted by atomic mass is 32.1. The Balaban J connectivity index is 2.12. The maximum atomic E-state index is 12.7. The third kappa shape index (κ3) is 8.69. The Labute approximate surface area is 200 Å². The topological polar surface area (TPSA) is 93.5 Å². The van der Waals surface area contributed by atoms with E-state index in [9.17, 15) is 4.79 Å². The minimum atomic E-state index is -0.394. The lowest BCUT2D eigenvalue weighted by Crippen LogP contribution is -2.48. The number of amides is 1. The summed E-state index contributed by atoms with van der Waals surface area (Å²) in [4.78, 5) is 21.2. The lowest BCUT2D eigenvalue weighted by atomic mass is 9.90. The number of methoxy groups -OCH3 is 3. The van der Waals surface area contributed by atoms with Gasteiger partial charge >= 0.3 is 0 Å². The number of rotatable bonds is 8. The van der Waals surface area contributed by atoms with Crippen LogP contribution in [0.4, 0.5) is 0 Å². The minimum absolute atomic E-state index is 0.0524. The summed E-state index contributed by atoms with van der Waals surface area (Å²) in [6, 6.07) is 3.53. The van der Waals surface area contributed by atoms with Gasteiger partial charge in [0.05, 0.1) is 33.6 Å². The second-order valence-corrected chi connectivity index (χ2v) is 8.91. The summed E-state index contributed by atoms with van der Waals surface area (Å²) in [7, 11) is 4.63. The predicted octanol–water partition coefficient (Wildman–Crippen LogP) is 3.56. The van der Waals surface area contributed by atoms with Gasteiger partial charge in [0.25, 0.3) is 0 Å². The molecule has 0 saturated carbocycles. The highest BCUT2D eigenvalue weighted by Crippen LogP contribution is 2.38. The lowest BCUT2D eigenvalue weighted by Gasteiger charge is -2.27. The number of nitrogens with zero attached hydrogens (tertiary/aromatic N) is 2. The molecule has 8 nitrogen and oxygen atoms in total. The largest absolute Gasteiger partial charge is 0.493 e. The van der Waals surface area contributed by atoms with Gasteiger partial charge in [-0.25, -0.2) is 4.99 Å². The van der Waals surface area contributed by atoms with E-state index in [0.29, 0.717) is 35.3 Å². The van der Waals surface area contributed by atoms with Crippen LogP contribution >= 0.6 is 12.2 Å². The molecule has 9 heteroatoms. The number of ether oxygens (including phenoxy) is 3. The number of nitrogens with one attached hydrogen (secondary N) is 2. The van der Waals surface area contributed by atoms with Gasteiger partial charge in [0, 0.05) is 12.3 Å². The molecule has 2 N–H and O–H groups in total. The first-order valence-corrected chi connectivity index (χ1v) is 10.9. The number of thiocarbonyl (C=S) groups is 1. The number of hydrogen-bond donors (Lipinski definition) is 2. The fourth-order valence-corrected chi connectivity index (χ4v) is 3.40. The van der Waals surface area contributed by atoms with E-state index in [-0.39, 0.29) is 11.3 Å². The number of aliphatic imine (C=N–C) groups is 2. The Hall–Kier alpha value is -3.20. The summed E-state index contributed by atoms with van der Waals surface area (Å²) in [5.74, 6) is 1.23. The first kappa shape index (κ1) is 26.1. The van der Waals surface area contributed by atoms with Crippen molar-refractivity contribution >= 4 is 41.2 Å². The van der Waals surface area contributed by atoms with E-state index in [1.54, 1.807) is 45.8 Å². The van der Waals surface area contributed by atoms with Gasteiger partial charge in [0.2, 0.25) is 11.7 Å². The summed E-state index contributed by atoms with van der Waals surface area (Å²) < 4.78 is 16.1. The Bertz CT molecular complexity index is 952. The fraction of sp³-hybridized carbons (Fsp3) is 0.417. The molecular weight excluding hydrogens is 440 g/mol. The Morgan fingerprint density at radius 1 is 1.18 bits per heavy atom. The van der Waals surface area contributed by atoms with Crippen molar-refractivity contribution in [2.24, 2.45) is 15.4 Å². The van der Waals surface area contributed by atoms with Gasteiger partial charge in [-0.3, -0.25) is 9.79 Å². The van der Waals surface area contributed by atoms with E-state index < -0.39 is 6.17 Å². The van der Waals surface area contributed by atoms with Crippen LogP contribution in [0.1, 0.15) is 32.8 Å². The molecule has 0 bridgehead atoms. The number of benzene rings is 1. The monoisotopic (exact) mass is 472 g/mol. The molecule has 1 aromatic carbocycles. The van der Waals surface area contributed by atoms with Crippen LogP contribution < -0.4 is 24.8 Å². The van der Waals surface area contributed by atoms with Crippen molar-refractivity contribution in [3.63, 3.8) is 0 Å². The Kier molecular flexibility index (Phi) is 9.59. The van der Waals surface area contributed by atoms with Gasteiger partial charge in [-0.05, 0) is 60.0 Å². The number of carbonyl (C=O) groups is 1. The van der Waals surface area contributed by atoms with Crippen molar-refractivity contribution in [3.05, 3.63) is 35.9 Å². The maximum Gasteiger partial charge on any atom is 0.245 e. The average molecular weight is 473 g/mol. The molecule has 178 valence electrons. The zero-order valence-corrected chi connectivity index (χ0v) is 20.8. The van der Waals surface area contributed by atoms with Crippen LogP contribution in [0.15, 0.2) is 40.3 Å². The van der Waals surface area contributed by atoms with Crippen LogP contribution in [-0.4, -0.2) is 57.0 Å². The zero-order valence-electron chi connectivity index (χ0n) is 20.0. The fourth-order valence-electron chi connectivity index (χ4n) is 3.14. The molecule has 1 amide bonds. The van der Waals surface area contributed by atoms with Crippen molar-refractivity contribution in [1.82, 2.24) is 10.6 Å². The van der Waals surface area contributed by atoms with Crippen LogP contribution in [0.25, 0.3) is 6.08 Å². The van der Waals surface area contributed by atoms with Crippen molar-refractivity contribution in [1.29, 1.82) is 0 Å². The minimum Gasteiger partial charge on any atom is -0.493 e. The van der Waals surface area contributed by atoms with Crippen molar-refractivity contribution in [2.75, 3.05) is 27.9 Å². The van der Waals surface area contributed by atoms with Gasteiger partial charge in [-0.2, -0.15) is 0 Å². The predicted molar refractivity (Wildman–Crippen MR) is 137 cm³/mol. The summed E-state index contributed by atoms with van der Waals surface area (Å²) >= 11 is 5.38. The molecular formula is C24H32N4O4S. The normalized spacial score (nSPS) is 15.4. The molecule has 1 atom stereocenters. The number of dihydropyridines is 1. The standard InChI is InChI=1S/C24H32N4O4S/c1-24(2,3)14-20(28-23(33)26-17-8-7-11-25-15-17)27-21(29)10-9-16-12-18(30-4)22(32-6)19(13-16)31-5/h7-13,20H,14-15H2,1-6H3,(H,27,29)(H,28,33)/b10-9+,26-17?. The number of carbonyl (C=O) groups excluding carboxylic acids is 1. The van der Waals surface area contributed by atoms with Crippen LogP contribution in [-0.2, 0) is 4.79 Å². The summed E-state index contributed by atoms with van der Waals surface area (Å²) in [6.45, 7) is 6.75. The highest BCUT2D eigenvalue weighted by Gasteiger charge is 2.21. The van der Waals surface area contributed by atoms with Crippen LogP contribution in [0.5, 0.6) is 17.2 Å². The lowest BCUT2D eigenvalue weighted by molar-refractivity contribution is -0.117. The van der Waals surface area contributed by atoms with E-state index in [4.69, 9.17) is 26.4 Å². The van der Waals surface area contributed by atoms with Gasteiger partial charge in [0.15, 0.2) is 16.6 Å². The molecule has 0 saturated heterocycles. The van der Waals surface area contributed by atoms with E-state index in [2.05, 4.69) is 41.4 Å². The molecule has 1 aliphatic rings. The van der Waals surface area contributed by atoms with Crippen molar-refractivity contribution in [2.45, 2.75) is 33.4 Å². The number of allylic oxidation sites excluding steroid dienone is 1. The summed E-state index contributed by atoms with van der Waals surface area (Å²) in [5.41, 5.74) is 1.44. The SMILES string of the molecule is COc1cc(/C=C/C(=O)NC(CC(C)(C)C)NC(=S)N=C2C=CC=NC2)cc(OC)c1OC. The van der Waals surface area contributed by atoms with Gasteiger partial charge in [-0.15, -0.1) is 0 Å². The third-order valence-electron chi connectivity index (χ3n) is 4.52. The van der Waals surface area contributed by atoms with Gasteiger partial charge < -0.3 is 24.8 Å². The molecule has 0 fully saturated rings. The molecule has 0 spiro atoms. The first-order valence-electron chi connectivity index (χ1n) is 10.5. The van der Waals surface area contributed by atoms with Crippen molar-refractivity contribution < 1.29 is 19.0 Å². The molecule has 33 heavy (non-hydrogen) atoms.